The summed E-state index contributed by atoms with van der Waals surface area (Å²) in [6.45, 7) is 2.48. The molecule has 2 saturated heterocycles. The van der Waals surface area contributed by atoms with Crippen LogP contribution in [0.2, 0.25) is 0 Å². The average molecular weight is 353 g/mol. The minimum atomic E-state index is -3.16. The van der Waals surface area contributed by atoms with E-state index in [-0.39, 0.29) is 12.3 Å². The second-order valence-electron chi connectivity index (χ2n) is 6.51. The Hall–Kier alpha value is -1.51. The number of hydrogen-bond donors (Lipinski definition) is 0. The smallest absolute Gasteiger partial charge is 0.228 e. The molecule has 7 nitrogen and oxygen atoms in total. The van der Waals surface area contributed by atoms with E-state index >= 15 is 0 Å². The van der Waals surface area contributed by atoms with Gasteiger partial charge in [0.05, 0.1) is 24.9 Å². The van der Waals surface area contributed by atoms with E-state index in [0.717, 1.165) is 5.69 Å². The van der Waals surface area contributed by atoms with Crippen LogP contribution in [-0.4, -0.2) is 73.2 Å². The van der Waals surface area contributed by atoms with Gasteiger partial charge in [0, 0.05) is 38.1 Å². The molecule has 1 amide bonds. The zero-order valence-electron chi connectivity index (χ0n) is 13.8. The first-order valence-electron chi connectivity index (χ1n) is 8.15. The summed E-state index contributed by atoms with van der Waals surface area (Å²) < 4.78 is 30.7. The largest absolute Gasteiger partial charge is 0.371 e. The van der Waals surface area contributed by atoms with Crippen LogP contribution in [0.25, 0.3) is 0 Å². The van der Waals surface area contributed by atoms with Crippen molar-refractivity contribution >= 4 is 15.9 Å². The second-order valence-corrected chi connectivity index (χ2v) is 8.49. The molecular formula is C16H23N3O4S. The van der Waals surface area contributed by atoms with Gasteiger partial charge in [0.15, 0.2) is 0 Å². The van der Waals surface area contributed by atoms with Crippen LogP contribution in [0.5, 0.6) is 0 Å². The van der Waals surface area contributed by atoms with Gasteiger partial charge < -0.3 is 9.64 Å². The van der Waals surface area contributed by atoms with E-state index in [1.54, 1.807) is 6.20 Å². The number of pyridine rings is 1. The third-order valence-corrected chi connectivity index (χ3v) is 6.07. The molecule has 0 radical (unpaired) electrons. The number of sulfonamides is 1. The summed E-state index contributed by atoms with van der Waals surface area (Å²) in [5.74, 6) is 0.0434. The molecule has 0 unspecified atom stereocenters. The fourth-order valence-electron chi connectivity index (χ4n) is 3.36. The molecule has 2 aliphatic heterocycles. The molecular weight excluding hydrogens is 330 g/mol. The maximum Gasteiger partial charge on any atom is 0.228 e. The summed E-state index contributed by atoms with van der Waals surface area (Å²) in [5, 5.41) is 0. The van der Waals surface area contributed by atoms with E-state index in [0.29, 0.717) is 45.6 Å². The van der Waals surface area contributed by atoms with Crippen molar-refractivity contribution in [2.24, 2.45) is 0 Å². The molecule has 0 bridgehead atoms. The SMILES string of the molecule is CS(=O)(=O)N1CCC2(CC1)CN(C(=O)Cc1ccccn1)CCO2. The lowest BCUT2D eigenvalue weighted by molar-refractivity contribution is -0.156. The van der Waals surface area contributed by atoms with Crippen LogP contribution in [-0.2, 0) is 26.0 Å². The number of nitrogens with zero attached hydrogens (tertiary/aromatic N) is 3. The van der Waals surface area contributed by atoms with Gasteiger partial charge in [-0.15, -0.1) is 0 Å². The van der Waals surface area contributed by atoms with Gasteiger partial charge in [-0.05, 0) is 25.0 Å². The van der Waals surface area contributed by atoms with Crippen LogP contribution in [0.4, 0.5) is 0 Å². The normalized spacial score (nSPS) is 21.8. The number of morpholine rings is 1. The molecule has 1 aromatic heterocycles. The topological polar surface area (TPSA) is 79.8 Å². The van der Waals surface area contributed by atoms with Crippen molar-refractivity contribution in [3.05, 3.63) is 30.1 Å². The number of carbonyl (C=O) groups excluding carboxylic acids is 1. The van der Waals surface area contributed by atoms with Gasteiger partial charge in [0.1, 0.15) is 0 Å². The molecule has 0 atom stereocenters. The van der Waals surface area contributed by atoms with Crippen molar-refractivity contribution < 1.29 is 17.9 Å². The van der Waals surface area contributed by atoms with E-state index in [9.17, 15) is 13.2 Å². The summed E-state index contributed by atoms with van der Waals surface area (Å²) in [6, 6.07) is 5.54. The molecule has 3 heterocycles. The standard InChI is InChI=1S/C16H23N3O4S/c1-24(21,22)19-8-5-16(6-9-19)13-18(10-11-23-16)15(20)12-14-4-2-3-7-17-14/h2-4,7H,5-6,8-13H2,1H3. The fourth-order valence-corrected chi connectivity index (χ4v) is 4.20. The Kier molecular flexibility index (Phi) is 4.89. The molecule has 8 heteroatoms. The van der Waals surface area contributed by atoms with Gasteiger partial charge in [-0.2, -0.15) is 0 Å². The van der Waals surface area contributed by atoms with Crippen LogP contribution >= 0.6 is 0 Å². The monoisotopic (exact) mass is 353 g/mol. The lowest BCUT2D eigenvalue weighted by Crippen LogP contribution is -2.58. The quantitative estimate of drug-likeness (QED) is 0.780. The van der Waals surface area contributed by atoms with Gasteiger partial charge in [-0.1, -0.05) is 6.07 Å². The van der Waals surface area contributed by atoms with Gasteiger partial charge in [0.2, 0.25) is 15.9 Å². The van der Waals surface area contributed by atoms with Gasteiger partial charge in [0.25, 0.3) is 0 Å². The Morgan fingerprint density at radius 3 is 2.67 bits per heavy atom. The van der Waals surface area contributed by atoms with Crippen molar-refractivity contribution in [2.75, 3.05) is 39.0 Å². The first-order valence-corrected chi connectivity index (χ1v) is 10.00. The number of hydrogen-bond acceptors (Lipinski definition) is 5. The highest BCUT2D eigenvalue weighted by molar-refractivity contribution is 7.88. The molecule has 132 valence electrons. The molecule has 1 spiro atoms. The number of aromatic nitrogens is 1. The first-order chi connectivity index (χ1) is 11.4. The molecule has 0 aliphatic carbocycles. The molecule has 0 aromatic carbocycles. The van der Waals surface area contributed by atoms with Gasteiger partial charge in [-0.25, -0.2) is 12.7 Å². The Labute approximate surface area is 142 Å². The number of ether oxygens (including phenoxy) is 1. The third kappa shape index (κ3) is 3.93. The number of amides is 1. The van der Waals surface area contributed by atoms with Gasteiger partial charge >= 0.3 is 0 Å². The molecule has 0 saturated carbocycles. The number of piperidine rings is 1. The van der Waals surface area contributed by atoms with Crippen molar-refractivity contribution in [1.29, 1.82) is 0 Å². The molecule has 1 aromatic rings. The van der Waals surface area contributed by atoms with Crippen LogP contribution in [0.3, 0.4) is 0 Å². The highest BCUT2D eigenvalue weighted by Gasteiger charge is 2.42. The summed E-state index contributed by atoms with van der Waals surface area (Å²) in [6.07, 6.45) is 4.44. The van der Waals surface area contributed by atoms with E-state index < -0.39 is 15.6 Å². The Balaban J connectivity index is 1.61. The Morgan fingerprint density at radius 2 is 2.04 bits per heavy atom. The number of carbonyl (C=O) groups is 1. The summed E-state index contributed by atoms with van der Waals surface area (Å²) in [4.78, 5) is 18.6. The fraction of sp³-hybridized carbons (Fsp3) is 0.625. The lowest BCUT2D eigenvalue weighted by atomic mass is 9.90. The van der Waals surface area contributed by atoms with Crippen molar-refractivity contribution in [3.63, 3.8) is 0 Å². The third-order valence-electron chi connectivity index (χ3n) is 4.76. The van der Waals surface area contributed by atoms with Crippen LogP contribution in [0.1, 0.15) is 18.5 Å². The average Bonchev–Trinajstić information content (AvgIpc) is 2.55. The first kappa shape index (κ1) is 17.3. The van der Waals surface area contributed by atoms with E-state index in [1.807, 2.05) is 23.1 Å². The summed E-state index contributed by atoms with van der Waals surface area (Å²) >= 11 is 0. The lowest BCUT2D eigenvalue weighted by Gasteiger charge is -2.46. The highest BCUT2D eigenvalue weighted by Crippen LogP contribution is 2.31. The maximum absolute atomic E-state index is 12.5. The molecule has 24 heavy (non-hydrogen) atoms. The van der Waals surface area contributed by atoms with Crippen molar-refractivity contribution in [2.45, 2.75) is 24.9 Å². The summed E-state index contributed by atoms with van der Waals surface area (Å²) in [7, 11) is -3.16. The van der Waals surface area contributed by atoms with Crippen LogP contribution < -0.4 is 0 Å². The van der Waals surface area contributed by atoms with Crippen LogP contribution in [0, 0.1) is 0 Å². The minimum Gasteiger partial charge on any atom is -0.371 e. The van der Waals surface area contributed by atoms with E-state index in [2.05, 4.69) is 4.98 Å². The van der Waals surface area contributed by atoms with Gasteiger partial charge in [-0.3, -0.25) is 9.78 Å². The maximum atomic E-state index is 12.5. The molecule has 0 N–H and O–H groups in total. The Bertz CT molecular complexity index is 685. The molecule has 3 rings (SSSR count). The summed E-state index contributed by atoms with van der Waals surface area (Å²) in [5.41, 5.74) is 0.342. The second kappa shape index (κ2) is 6.78. The van der Waals surface area contributed by atoms with E-state index in [4.69, 9.17) is 4.74 Å². The minimum absolute atomic E-state index is 0.0434. The Morgan fingerprint density at radius 1 is 1.29 bits per heavy atom. The zero-order chi connectivity index (χ0) is 17.2. The van der Waals surface area contributed by atoms with Crippen molar-refractivity contribution in [3.8, 4) is 0 Å². The van der Waals surface area contributed by atoms with E-state index in [1.165, 1.54) is 10.6 Å². The number of rotatable bonds is 3. The molecule has 2 fully saturated rings. The zero-order valence-corrected chi connectivity index (χ0v) is 14.7. The predicted octanol–water partition coefficient (Wildman–Crippen LogP) is 0.277. The molecule has 2 aliphatic rings. The highest BCUT2D eigenvalue weighted by atomic mass is 32.2. The van der Waals surface area contributed by atoms with Crippen molar-refractivity contribution in [1.82, 2.24) is 14.2 Å². The predicted molar refractivity (Wildman–Crippen MR) is 88.9 cm³/mol. The van der Waals surface area contributed by atoms with Crippen LogP contribution in [0.15, 0.2) is 24.4 Å².